The van der Waals surface area contributed by atoms with E-state index in [4.69, 9.17) is 4.74 Å². The lowest BCUT2D eigenvalue weighted by molar-refractivity contribution is -0.110. The molecule has 2 rings (SSSR count). The molecule has 1 heterocycles. The minimum Gasteiger partial charge on any atom is -0.364 e. The highest BCUT2D eigenvalue weighted by Crippen LogP contribution is 2.27. The van der Waals surface area contributed by atoms with Crippen LogP contribution in [-0.4, -0.2) is 11.7 Å². The fourth-order valence-electron chi connectivity index (χ4n) is 1.40. The van der Waals surface area contributed by atoms with Gasteiger partial charge in [-0.1, -0.05) is 22.0 Å². The Hall–Kier alpha value is -0.380. The molecule has 1 aliphatic heterocycles. The van der Waals surface area contributed by atoms with Crippen LogP contribution in [0.15, 0.2) is 22.7 Å². The van der Waals surface area contributed by atoms with E-state index in [0.717, 1.165) is 16.5 Å². The second-order valence-electron chi connectivity index (χ2n) is 2.82. The Morgan fingerprint density at radius 3 is 3.17 bits per heavy atom. The molecule has 0 radical (unpaired) electrons. The number of ether oxygens (including phenoxy) is 1. The van der Waals surface area contributed by atoms with E-state index in [0.29, 0.717) is 6.61 Å². The van der Waals surface area contributed by atoms with Gasteiger partial charge in [0.15, 0.2) is 6.29 Å². The Morgan fingerprint density at radius 1 is 1.50 bits per heavy atom. The average molecular weight is 229 g/mol. The third-order valence-corrected chi connectivity index (χ3v) is 2.51. The number of aliphatic hydroxyl groups is 1. The fourth-order valence-corrected chi connectivity index (χ4v) is 1.81. The predicted molar refractivity (Wildman–Crippen MR) is 48.8 cm³/mol. The summed E-state index contributed by atoms with van der Waals surface area (Å²) in [6, 6.07) is 5.83. The molecular formula is C9H9BrO2. The van der Waals surface area contributed by atoms with Crippen LogP contribution in [0.25, 0.3) is 0 Å². The summed E-state index contributed by atoms with van der Waals surface area (Å²) in [5.74, 6) is 0. The molecule has 2 nitrogen and oxygen atoms in total. The topological polar surface area (TPSA) is 29.5 Å². The molecule has 0 fully saturated rings. The van der Waals surface area contributed by atoms with Crippen LogP contribution in [0.2, 0.25) is 0 Å². The van der Waals surface area contributed by atoms with Crippen molar-refractivity contribution in [3.63, 3.8) is 0 Å². The first-order chi connectivity index (χ1) is 5.77. The van der Waals surface area contributed by atoms with Gasteiger partial charge in [0.05, 0.1) is 6.61 Å². The molecule has 3 heteroatoms. The van der Waals surface area contributed by atoms with Crippen LogP contribution in [0.3, 0.4) is 0 Å². The molecule has 1 aliphatic rings. The minimum absolute atomic E-state index is 0.602. The molecule has 1 aromatic rings. The number of aliphatic hydroxyl groups excluding tert-OH is 1. The number of benzene rings is 1. The van der Waals surface area contributed by atoms with Crippen molar-refractivity contribution in [2.45, 2.75) is 12.7 Å². The van der Waals surface area contributed by atoms with E-state index in [-0.39, 0.29) is 0 Å². The lowest BCUT2D eigenvalue weighted by Gasteiger charge is -2.21. The van der Waals surface area contributed by atoms with Crippen molar-refractivity contribution in [3.8, 4) is 0 Å². The Balaban J connectivity index is 2.46. The van der Waals surface area contributed by atoms with Gasteiger partial charge in [-0.2, -0.15) is 0 Å². The first-order valence-electron chi connectivity index (χ1n) is 3.85. The normalized spacial score (nSPS) is 22.0. The van der Waals surface area contributed by atoms with Crippen LogP contribution in [0.4, 0.5) is 0 Å². The molecule has 1 unspecified atom stereocenters. The Kier molecular flexibility index (Phi) is 2.17. The van der Waals surface area contributed by atoms with E-state index in [1.165, 1.54) is 5.56 Å². The lowest BCUT2D eigenvalue weighted by atomic mass is 10.0. The molecule has 0 spiro atoms. The third-order valence-electron chi connectivity index (χ3n) is 2.02. The van der Waals surface area contributed by atoms with E-state index in [1.807, 2.05) is 18.2 Å². The van der Waals surface area contributed by atoms with Gasteiger partial charge < -0.3 is 9.84 Å². The molecular weight excluding hydrogens is 220 g/mol. The molecule has 1 aromatic carbocycles. The van der Waals surface area contributed by atoms with Gasteiger partial charge in [-0.05, 0) is 24.1 Å². The van der Waals surface area contributed by atoms with Crippen LogP contribution in [0.5, 0.6) is 0 Å². The van der Waals surface area contributed by atoms with E-state index in [9.17, 15) is 5.11 Å². The third kappa shape index (κ3) is 1.40. The molecule has 1 N–H and O–H groups in total. The summed E-state index contributed by atoms with van der Waals surface area (Å²) < 4.78 is 6.14. The highest BCUT2D eigenvalue weighted by Gasteiger charge is 2.17. The highest BCUT2D eigenvalue weighted by atomic mass is 79.9. The molecule has 12 heavy (non-hydrogen) atoms. The van der Waals surface area contributed by atoms with Crippen LogP contribution in [0, 0.1) is 0 Å². The van der Waals surface area contributed by atoms with Gasteiger partial charge in [-0.25, -0.2) is 0 Å². The summed E-state index contributed by atoms with van der Waals surface area (Å²) in [7, 11) is 0. The molecule has 0 aliphatic carbocycles. The van der Waals surface area contributed by atoms with Crippen molar-refractivity contribution >= 4 is 15.9 Å². The standard InChI is InChI=1S/C9H9BrO2/c10-7-1-2-8-6(5-7)3-4-12-9(8)11/h1-2,5,9,11H,3-4H2. The minimum atomic E-state index is -0.734. The first-order valence-corrected chi connectivity index (χ1v) is 4.64. The summed E-state index contributed by atoms with van der Waals surface area (Å²) in [5.41, 5.74) is 2.06. The van der Waals surface area contributed by atoms with Crippen LogP contribution in [0.1, 0.15) is 17.4 Å². The maximum atomic E-state index is 9.41. The summed E-state index contributed by atoms with van der Waals surface area (Å²) in [4.78, 5) is 0. The largest absolute Gasteiger partial charge is 0.364 e. The van der Waals surface area contributed by atoms with Crippen LogP contribution in [-0.2, 0) is 11.2 Å². The van der Waals surface area contributed by atoms with Crippen molar-refractivity contribution in [2.24, 2.45) is 0 Å². The van der Waals surface area contributed by atoms with Crippen molar-refractivity contribution < 1.29 is 9.84 Å². The molecule has 0 saturated heterocycles. The first kappa shape index (κ1) is 8.23. The Labute approximate surface area is 79.3 Å². The highest BCUT2D eigenvalue weighted by molar-refractivity contribution is 9.10. The maximum absolute atomic E-state index is 9.41. The predicted octanol–water partition coefficient (Wildman–Crippen LogP) is 2.01. The van der Waals surface area contributed by atoms with E-state index in [1.54, 1.807) is 0 Å². The molecule has 1 atom stereocenters. The van der Waals surface area contributed by atoms with E-state index in [2.05, 4.69) is 15.9 Å². The molecule has 0 amide bonds. The van der Waals surface area contributed by atoms with Gasteiger partial charge in [-0.3, -0.25) is 0 Å². The zero-order chi connectivity index (χ0) is 8.55. The number of hydrogen-bond acceptors (Lipinski definition) is 2. The average Bonchev–Trinajstić information content (AvgIpc) is 2.04. The molecule has 0 aromatic heterocycles. The monoisotopic (exact) mass is 228 g/mol. The summed E-state index contributed by atoms with van der Waals surface area (Å²) in [6.07, 6.45) is 0.146. The van der Waals surface area contributed by atoms with Gasteiger partial charge in [0.1, 0.15) is 0 Å². The number of rotatable bonds is 0. The zero-order valence-electron chi connectivity index (χ0n) is 6.46. The fraction of sp³-hybridized carbons (Fsp3) is 0.333. The van der Waals surface area contributed by atoms with Crippen molar-refractivity contribution in [2.75, 3.05) is 6.61 Å². The smallest absolute Gasteiger partial charge is 0.181 e. The van der Waals surface area contributed by atoms with Gasteiger partial charge >= 0.3 is 0 Å². The second kappa shape index (κ2) is 3.17. The van der Waals surface area contributed by atoms with Gasteiger partial charge in [0.2, 0.25) is 0 Å². The van der Waals surface area contributed by atoms with Crippen molar-refractivity contribution in [1.82, 2.24) is 0 Å². The lowest BCUT2D eigenvalue weighted by Crippen LogP contribution is -2.15. The second-order valence-corrected chi connectivity index (χ2v) is 3.73. The van der Waals surface area contributed by atoms with Crippen LogP contribution < -0.4 is 0 Å². The summed E-state index contributed by atoms with van der Waals surface area (Å²) in [6.45, 7) is 0.602. The van der Waals surface area contributed by atoms with E-state index < -0.39 is 6.29 Å². The summed E-state index contributed by atoms with van der Waals surface area (Å²) in [5, 5.41) is 9.41. The molecule has 0 saturated carbocycles. The van der Waals surface area contributed by atoms with Crippen molar-refractivity contribution in [1.29, 1.82) is 0 Å². The van der Waals surface area contributed by atoms with Crippen molar-refractivity contribution in [3.05, 3.63) is 33.8 Å². The quantitative estimate of drug-likeness (QED) is 0.737. The van der Waals surface area contributed by atoms with Crippen LogP contribution >= 0.6 is 15.9 Å². The number of halogens is 1. The SMILES string of the molecule is OC1OCCc2cc(Br)ccc21. The zero-order valence-corrected chi connectivity index (χ0v) is 8.04. The Morgan fingerprint density at radius 2 is 2.33 bits per heavy atom. The van der Waals surface area contributed by atoms with Gasteiger partial charge in [0.25, 0.3) is 0 Å². The maximum Gasteiger partial charge on any atom is 0.181 e. The number of fused-ring (bicyclic) bond motifs is 1. The Bertz CT molecular complexity index is 299. The summed E-state index contributed by atoms with van der Waals surface area (Å²) >= 11 is 3.39. The van der Waals surface area contributed by atoms with E-state index >= 15 is 0 Å². The number of hydrogen-bond donors (Lipinski definition) is 1. The van der Waals surface area contributed by atoms with Gasteiger partial charge in [0, 0.05) is 10.0 Å². The molecule has 0 bridgehead atoms. The molecule has 64 valence electrons. The van der Waals surface area contributed by atoms with Gasteiger partial charge in [-0.15, -0.1) is 0 Å².